The molecule has 0 aliphatic carbocycles. The zero-order valence-electron chi connectivity index (χ0n) is 5.45. The van der Waals surface area contributed by atoms with Gasteiger partial charge in [0.2, 0.25) is 5.88 Å². The van der Waals surface area contributed by atoms with Gasteiger partial charge in [-0.2, -0.15) is 0 Å². The Hall–Kier alpha value is -1.38. The predicted molar refractivity (Wildman–Crippen MR) is 36.6 cm³/mol. The third-order valence-corrected chi connectivity index (χ3v) is 0.854. The summed E-state index contributed by atoms with van der Waals surface area (Å²) in [4.78, 5) is 7.42. The molecule has 3 nitrogen and oxygen atoms in total. The quantitative estimate of drug-likeness (QED) is 0.576. The standard InChI is InChI=1S/C7H7N2O/c1-2-5-10-7-3-4-8-6-9-7/h2-3,6H,1,5H2. The maximum Gasteiger partial charge on any atom is 0.217 e. The Bertz CT molecular complexity index is 198. The first kappa shape index (κ1) is 6.74. The van der Waals surface area contributed by atoms with Crippen LogP contribution in [0, 0.1) is 6.20 Å². The van der Waals surface area contributed by atoms with E-state index in [1.165, 1.54) is 6.33 Å². The van der Waals surface area contributed by atoms with Crippen molar-refractivity contribution in [2.75, 3.05) is 6.61 Å². The molecular formula is C7H7N2O. The summed E-state index contributed by atoms with van der Waals surface area (Å²) in [5.41, 5.74) is 0. The molecule has 0 amide bonds. The van der Waals surface area contributed by atoms with Crippen LogP contribution >= 0.6 is 0 Å². The topological polar surface area (TPSA) is 35.0 Å². The van der Waals surface area contributed by atoms with Gasteiger partial charge in [-0.3, -0.25) is 0 Å². The minimum Gasteiger partial charge on any atom is -0.473 e. The van der Waals surface area contributed by atoms with Crippen molar-refractivity contribution in [3.8, 4) is 5.88 Å². The SMILES string of the molecule is C=CCOc1c[c]ncn1. The monoisotopic (exact) mass is 135 g/mol. The van der Waals surface area contributed by atoms with Crippen LogP contribution in [0.3, 0.4) is 0 Å². The summed E-state index contributed by atoms with van der Waals surface area (Å²) in [6, 6.07) is 1.57. The van der Waals surface area contributed by atoms with Crippen molar-refractivity contribution in [3.05, 3.63) is 31.2 Å². The molecule has 0 aromatic carbocycles. The highest BCUT2D eigenvalue weighted by molar-refractivity contribution is 5.03. The Morgan fingerprint density at radius 2 is 2.70 bits per heavy atom. The largest absolute Gasteiger partial charge is 0.473 e. The normalized spacial score (nSPS) is 8.80. The Balaban J connectivity index is 2.50. The van der Waals surface area contributed by atoms with Crippen LogP contribution in [0.15, 0.2) is 25.0 Å². The van der Waals surface area contributed by atoms with Gasteiger partial charge in [0.25, 0.3) is 0 Å². The smallest absolute Gasteiger partial charge is 0.217 e. The second-order valence-electron chi connectivity index (χ2n) is 1.59. The Morgan fingerprint density at radius 3 is 3.30 bits per heavy atom. The molecule has 0 spiro atoms. The molecule has 10 heavy (non-hydrogen) atoms. The van der Waals surface area contributed by atoms with Crippen LogP contribution in [0.5, 0.6) is 5.88 Å². The number of aromatic nitrogens is 2. The minimum atomic E-state index is 0.463. The third-order valence-electron chi connectivity index (χ3n) is 0.854. The summed E-state index contributed by atoms with van der Waals surface area (Å²) >= 11 is 0. The number of nitrogens with zero attached hydrogens (tertiary/aromatic N) is 2. The molecule has 1 aromatic heterocycles. The van der Waals surface area contributed by atoms with Gasteiger partial charge < -0.3 is 4.74 Å². The lowest BCUT2D eigenvalue weighted by molar-refractivity contribution is 0.348. The second kappa shape index (κ2) is 3.61. The van der Waals surface area contributed by atoms with Crippen molar-refractivity contribution < 1.29 is 4.74 Å². The van der Waals surface area contributed by atoms with E-state index >= 15 is 0 Å². The van der Waals surface area contributed by atoms with Gasteiger partial charge in [0, 0.05) is 6.07 Å². The van der Waals surface area contributed by atoms with Gasteiger partial charge in [0.05, 0.1) is 6.20 Å². The van der Waals surface area contributed by atoms with E-state index < -0.39 is 0 Å². The van der Waals surface area contributed by atoms with Gasteiger partial charge in [0.1, 0.15) is 12.9 Å². The average molecular weight is 135 g/mol. The average Bonchev–Trinajstić information content (AvgIpc) is 2.03. The highest BCUT2D eigenvalue weighted by Crippen LogP contribution is 1.99. The van der Waals surface area contributed by atoms with Crippen LogP contribution in [0.25, 0.3) is 0 Å². The fourth-order valence-corrected chi connectivity index (χ4v) is 0.472. The summed E-state index contributed by atoms with van der Waals surface area (Å²) in [5, 5.41) is 0. The fourth-order valence-electron chi connectivity index (χ4n) is 0.472. The van der Waals surface area contributed by atoms with Crippen LogP contribution in [0.2, 0.25) is 0 Å². The van der Waals surface area contributed by atoms with Gasteiger partial charge in [0.15, 0.2) is 0 Å². The first-order valence-corrected chi connectivity index (χ1v) is 2.85. The predicted octanol–water partition coefficient (Wildman–Crippen LogP) is 0.842. The van der Waals surface area contributed by atoms with Gasteiger partial charge in [-0.15, -0.1) is 0 Å². The molecule has 1 rings (SSSR count). The van der Waals surface area contributed by atoms with Crippen LogP contribution in [0.4, 0.5) is 0 Å². The zero-order valence-corrected chi connectivity index (χ0v) is 5.45. The van der Waals surface area contributed by atoms with Gasteiger partial charge in [-0.05, 0) is 0 Å². The van der Waals surface area contributed by atoms with Crippen LogP contribution in [-0.4, -0.2) is 16.6 Å². The minimum absolute atomic E-state index is 0.463. The van der Waals surface area contributed by atoms with Crippen LogP contribution in [-0.2, 0) is 0 Å². The Morgan fingerprint density at radius 1 is 1.80 bits per heavy atom. The number of rotatable bonds is 3. The maximum absolute atomic E-state index is 5.05. The Kier molecular flexibility index (Phi) is 2.43. The molecule has 51 valence electrons. The van der Waals surface area contributed by atoms with E-state index in [1.807, 2.05) is 0 Å². The lowest BCUT2D eigenvalue weighted by Crippen LogP contribution is -1.94. The highest BCUT2D eigenvalue weighted by atomic mass is 16.5. The van der Waals surface area contributed by atoms with E-state index in [-0.39, 0.29) is 0 Å². The molecule has 3 heteroatoms. The molecule has 1 heterocycles. The highest BCUT2D eigenvalue weighted by Gasteiger charge is 1.88. The van der Waals surface area contributed by atoms with E-state index in [9.17, 15) is 0 Å². The van der Waals surface area contributed by atoms with E-state index in [1.54, 1.807) is 12.1 Å². The maximum atomic E-state index is 5.05. The molecule has 1 aromatic rings. The number of hydrogen-bond acceptors (Lipinski definition) is 3. The fraction of sp³-hybridized carbons (Fsp3) is 0.143. The lowest BCUT2D eigenvalue weighted by Gasteiger charge is -1.97. The molecule has 1 radical (unpaired) electrons. The van der Waals surface area contributed by atoms with E-state index in [4.69, 9.17) is 4.74 Å². The molecule has 0 unspecified atom stereocenters. The van der Waals surface area contributed by atoms with Gasteiger partial charge >= 0.3 is 0 Å². The van der Waals surface area contributed by atoms with E-state index in [2.05, 4.69) is 22.7 Å². The molecule has 0 fully saturated rings. The van der Waals surface area contributed by atoms with Crippen molar-refractivity contribution in [1.82, 2.24) is 9.97 Å². The lowest BCUT2D eigenvalue weighted by atomic mass is 10.6. The molecule has 0 N–H and O–H groups in total. The van der Waals surface area contributed by atoms with Crippen molar-refractivity contribution in [1.29, 1.82) is 0 Å². The first-order valence-electron chi connectivity index (χ1n) is 2.85. The second-order valence-corrected chi connectivity index (χ2v) is 1.59. The van der Waals surface area contributed by atoms with Gasteiger partial charge in [-0.25, -0.2) is 9.97 Å². The molecule has 0 atom stereocenters. The summed E-state index contributed by atoms with van der Waals surface area (Å²) in [6.07, 6.45) is 5.64. The molecule has 0 saturated heterocycles. The van der Waals surface area contributed by atoms with Crippen molar-refractivity contribution >= 4 is 0 Å². The van der Waals surface area contributed by atoms with Crippen molar-refractivity contribution in [2.45, 2.75) is 0 Å². The number of ether oxygens (including phenoxy) is 1. The number of hydrogen-bond donors (Lipinski definition) is 0. The van der Waals surface area contributed by atoms with Crippen molar-refractivity contribution in [3.63, 3.8) is 0 Å². The summed E-state index contributed by atoms with van der Waals surface area (Å²) in [6.45, 7) is 3.96. The molecule has 0 aliphatic rings. The molecular weight excluding hydrogens is 128 g/mol. The summed E-state index contributed by atoms with van der Waals surface area (Å²) in [7, 11) is 0. The molecule has 0 saturated carbocycles. The third kappa shape index (κ3) is 1.85. The Labute approximate surface area is 59.4 Å². The van der Waals surface area contributed by atoms with E-state index in [0.717, 1.165) is 0 Å². The van der Waals surface area contributed by atoms with E-state index in [0.29, 0.717) is 12.5 Å². The first-order chi connectivity index (χ1) is 4.93. The van der Waals surface area contributed by atoms with Crippen LogP contribution in [0.1, 0.15) is 0 Å². The summed E-state index contributed by atoms with van der Waals surface area (Å²) < 4.78 is 5.05. The summed E-state index contributed by atoms with van der Waals surface area (Å²) in [5.74, 6) is 0.523. The van der Waals surface area contributed by atoms with Crippen molar-refractivity contribution in [2.24, 2.45) is 0 Å². The molecule has 0 bridgehead atoms. The van der Waals surface area contributed by atoms with Gasteiger partial charge in [-0.1, -0.05) is 12.7 Å². The van der Waals surface area contributed by atoms with Crippen LogP contribution < -0.4 is 4.74 Å². The zero-order chi connectivity index (χ0) is 7.23. The molecule has 0 aliphatic heterocycles.